The summed E-state index contributed by atoms with van der Waals surface area (Å²) in [4.78, 5) is 11.8. The molecule has 68 valence electrons. The van der Waals surface area contributed by atoms with E-state index in [9.17, 15) is 10.1 Å². The third-order valence-corrected chi connectivity index (χ3v) is 2.16. The van der Waals surface area contributed by atoms with Gasteiger partial charge in [0.15, 0.2) is 0 Å². The summed E-state index contributed by atoms with van der Waals surface area (Å²) in [6.45, 7) is 5.58. The lowest BCUT2D eigenvalue weighted by molar-refractivity contribution is -0.385. The molecule has 0 aliphatic rings. The van der Waals surface area contributed by atoms with Crippen molar-refractivity contribution in [2.75, 3.05) is 0 Å². The summed E-state index contributed by atoms with van der Waals surface area (Å²) in [5, 5.41) is 10.4. The summed E-state index contributed by atoms with van der Waals surface area (Å²) in [5.41, 5.74) is 0.117. The molecule has 0 aliphatic heterocycles. The first-order chi connectivity index (χ1) is 6.09. The Balaban J connectivity index is 2.91. The van der Waals surface area contributed by atoms with Crippen LogP contribution in [0.25, 0.3) is 0 Å². The SMILES string of the molecule is C=C(C)Sc1cccc([N+](=O)[O-])c1. The van der Waals surface area contributed by atoms with E-state index in [-0.39, 0.29) is 5.69 Å². The van der Waals surface area contributed by atoms with E-state index in [0.717, 1.165) is 9.80 Å². The zero-order valence-corrected chi connectivity index (χ0v) is 8.00. The average molecular weight is 195 g/mol. The van der Waals surface area contributed by atoms with Crippen LogP contribution >= 0.6 is 11.8 Å². The zero-order valence-electron chi connectivity index (χ0n) is 7.19. The molecule has 0 heterocycles. The van der Waals surface area contributed by atoms with E-state index in [4.69, 9.17) is 0 Å². The van der Waals surface area contributed by atoms with Crippen LogP contribution < -0.4 is 0 Å². The fourth-order valence-electron chi connectivity index (χ4n) is 0.862. The van der Waals surface area contributed by atoms with Gasteiger partial charge < -0.3 is 0 Å². The van der Waals surface area contributed by atoms with Crippen molar-refractivity contribution in [2.24, 2.45) is 0 Å². The van der Waals surface area contributed by atoms with Crippen LogP contribution in [0.2, 0.25) is 0 Å². The lowest BCUT2D eigenvalue weighted by Gasteiger charge is -1.98. The summed E-state index contributed by atoms with van der Waals surface area (Å²) in [6, 6.07) is 6.51. The summed E-state index contributed by atoms with van der Waals surface area (Å²) in [5.74, 6) is 0. The molecule has 1 aromatic carbocycles. The highest BCUT2D eigenvalue weighted by atomic mass is 32.2. The van der Waals surface area contributed by atoms with Crippen molar-refractivity contribution >= 4 is 17.4 Å². The molecule has 0 fully saturated rings. The van der Waals surface area contributed by atoms with Crippen LogP contribution in [-0.4, -0.2) is 4.92 Å². The topological polar surface area (TPSA) is 43.1 Å². The molecule has 0 atom stereocenters. The van der Waals surface area contributed by atoms with Gasteiger partial charge in [0.1, 0.15) is 0 Å². The molecule has 0 spiro atoms. The second-order valence-electron chi connectivity index (χ2n) is 2.56. The van der Waals surface area contributed by atoms with E-state index in [1.54, 1.807) is 12.1 Å². The van der Waals surface area contributed by atoms with E-state index < -0.39 is 4.92 Å². The van der Waals surface area contributed by atoms with Crippen LogP contribution in [0.5, 0.6) is 0 Å². The summed E-state index contributed by atoms with van der Waals surface area (Å²) in [7, 11) is 0. The maximum atomic E-state index is 10.4. The molecule has 13 heavy (non-hydrogen) atoms. The molecule has 0 aliphatic carbocycles. The Bertz CT molecular complexity index is 349. The Hall–Kier alpha value is -1.29. The largest absolute Gasteiger partial charge is 0.270 e. The number of nitro groups is 1. The maximum Gasteiger partial charge on any atom is 0.270 e. The standard InChI is InChI=1S/C9H9NO2S/c1-7(2)13-9-5-3-4-8(6-9)10(11)12/h3-6H,1H2,2H3. The Morgan fingerprint density at radius 1 is 1.62 bits per heavy atom. The lowest BCUT2D eigenvalue weighted by atomic mass is 10.3. The minimum Gasteiger partial charge on any atom is -0.258 e. The fourth-order valence-corrected chi connectivity index (χ4v) is 1.59. The van der Waals surface area contributed by atoms with Crippen LogP contribution in [0.15, 0.2) is 40.6 Å². The van der Waals surface area contributed by atoms with Crippen molar-refractivity contribution in [3.63, 3.8) is 0 Å². The second-order valence-corrected chi connectivity index (χ2v) is 3.93. The number of thioether (sulfide) groups is 1. The van der Waals surface area contributed by atoms with Gasteiger partial charge >= 0.3 is 0 Å². The highest BCUT2D eigenvalue weighted by Crippen LogP contribution is 2.27. The van der Waals surface area contributed by atoms with Gasteiger partial charge in [-0.3, -0.25) is 10.1 Å². The number of rotatable bonds is 3. The summed E-state index contributed by atoms with van der Waals surface area (Å²) < 4.78 is 0. The van der Waals surface area contributed by atoms with Gasteiger partial charge in [0, 0.05) is 17.0 Å². The van der Waals surface area contributed by atoms with Crippen molar-refractivity contribution in [1.29, 1.82) is 0 Å². The zero-order chi connectivity index (χ0) is 9.84. The van der Waals surface area contributed by atoms with Crippen molar-refractivity contribution in [3.05, 3.63) is 45.9 Å². The van der Waals surface area contributed by atoms with Gasteiger partial charge in [0.25, 0.3) is 5.69 Å². The quantitative estimate of drug-likeness (QED) is 0.422. The Morgan fingerprint density at radius 3 is 2.85 bits per heavy atom. The summed E-state index contributed by atoms with van der Waals surface area (Å²) in [6.07, 6.45) is 0. The Labute approximate surface area is 80.6 Å². The first-order valence-corrected chi connectivity index (χ1v) is 4.49. The molecule has 0 saturated carbocycles. The third-order valence-electron chi connectivity index (χ3n) is 1.32. The van der Waals surface area contributed by atoms with Gasteiger partial charge in [0.2, 0.25) is 0 Å². The van der Waals surface area contributed by atoms with Crippen LogP contribution in [0, 0.1) is 10.1 Å². The van der Waals surface area contributed by atoms with Crippen molar-refractivity contribution in [3.8, 4) is 0 Å². The van der Waals surface area contributed by atoms with Crippen LogP contribution in [-0.2, 0) is 0 Å². The van der Waals surface area contributed by atoms with Gasteiger partial charge in [-0.2, -0.15) is 0 Å². The van der Waals surface area contributed by atoms with Crippen molar-refractivity contribution < 1.29 is 4.92 Å². The molecule has 0 aromatic heterocycles. The molecule has 4 heteroatoms. The molecule has 0 saturated heterocycles. The maximum absolute atomic E-state index is 10.4. The predicted octanol–water partition coefficient (Wildman–Crippen LogP) is 3.22. The second kappa shape index (κ2) is 4.09. The average Bonchev–Trinajstić information content (AvgIpc) is 2.03. The lowest BCUT2D eigenvalue weighted by Crippen LogP contribution is -1.86. The highest BCUT2D eigenvalue weighted by Gasteiger charge is 2.05. The Kier molecular flexibility index (Phi) is 3.08. The highest BCUT2D eigenvalue weighted by molar-refractivity contribution is 8.03. The van der Waals surface area contributed by atoms with Crippen molar-refractivity contribution in [2.45, 2.75) is 11.8 Å². The van der Waals surface area contributed by atoms with E-state index in [1.807, 2.05) is 13.0 Å². The van der Waals surface area contributed by atoms with Gasteiger partial charge in [-0.1, -0.05) is 24.4 Å². The minimum atomic E-state index is -0.400. The number of hydrogen-bond acceptors (Lipinski definition) is 3. The minimum absolute atomic E-state index is 0.117. The molecule has 3 nitrogen and oxygen atoms in total. The molecule has 0 unspecified atom stereocenters. The van der Waals surface area contributed by atoms with E-state index in [2.05, 4.69) is 6.58 Å². The number of allylic oxidation sites excluding steroid dienone is 1. The van der Waals surface area contributed by atoms with Crippen LogP contribution in [0.1, 0.15) is 6.92 Å². The number of benzene rings is 1. The monoisotopic (exact) mass is 195 g/mol. The predicted molar refractivity (Wildman–Crippen MR) is 53.8 cm³/mol. The number of nitro benzene ring substituents is 1. The van der Waals surface area contributed by atoms with Gasteiger partial charge in [-0.25, -0.2) is 0 Å². The van der Waals surface area contributed by atoms with Gasteiger partial charge in [0.05, 0.1) is 4.92 Å². The van der Waals surface area contributed by atoms with E-state index in [0.29, 0.717) is 0 Å². The van der Waals surface area contributed by atoms with E-state index >= 15 is 0 Å². The van der Waals surface area contributed by atoms with Gasteiger partial charge in [-0.15, -0.1) is 0 Å². The molecular formula is C9H9NO2S. The Morgan fingerprint density at radius 2 is 2.31 bits per heavy atom. The third kappa shape index (κ3) is 2.91. The molecule has 1 rings (SSSR count). The normalized spacial score (nSPS) is 9.62. The van der Waals surface area contributed by atoms with Gasteiger partial charge in [-0.05, 0) is 17.9 Å². The van der Waals surface area contributed by atoms with Crippen LogP contribution in [0.4, 0.5) is 5.69 Å². The smallest absolute Gasteiger partial charge is 0.258 e. The van der Waals surface area contributed by atoms with Crippen molar-refractivity contribution in [1.82, 2.24) is 0 Å². The molecule has 0 amide bonds. The van der Waals surface area contributed by atoms with Crippen LogP contribution in [0.3, 0.4) is 0 Å². The molecule has 1 aromatic rings. The molecule has 0 bridgehead atoms. The summed E-state index contributed by atoms with van der Waals surface area (Å²) >= 11 is 1.43. The first-order valence-electron chi connectivity index (χ1n) is 3.67. The first kappa shape index (κ1) is 9.80. The number of non-ortho nitro benzene ring substituents is 1. The fraction of sp³-hybridized carbons (Fsp3) is 0.111. The molecule has 0 radical (unpaired) electrons. The number of hydrogen-bond donors (Lipinski definition) is 0. The number of nitrogens with zero attached hydrogens (tertiary/aromatic N) is 1. The van der Waals surface area contributed by atoms with E-state index in [1.165, 1.54) is 17.8 Å². The molecular weight excluding hydrogens is 186 g/mol. The molecule has 0 N–H and O–H groups in total.